The molecule has 0 aliphatic carbocycles. The lowest BCUT2D eigenvalue weighted by Crippen LogP contribution is -2.42. The van der Waals surface area contributed by atoms with Gasteiger partial charge in [-0.05, 0) is 32.3 Å². The third-order valence-corrected chi connectivity index (χ3v) is 3.91. The van der Waals surface area contributed by atoms with Crippen LogP contribution in [-0.4, -0.2) is 46.3 Å². The minimum atomic E-state index is -3.16. The van der Waals surface area contributed by atoms with Crippen molar-refractivity contribution < 1.29 is 8.42 Å². The number of aryl methyl sites for hydroxylation is 1. The zero-order valence-electron chi connectivity index (χ0n) is 14.6. The second kappa shape index (κ2) is 12.5. The summed E-state index contributed by atoms with van der Waals surface area (Å²) in [4.78, 5) is 4.38. The van der Waals surface area contributed by atoms with Crippen LogP contribution in [0.1, 0.15) is 25.8 Å². The smallest absolute Gasteiger partial charge is 0.208 e. The molecule has 24 heavy (non-hydrogen) atoms. The highest BCUT2D eigenvalue weighted by atomic mass is 127. The van der Waals surface area contributed by atoms with Crippen LogP contribution in [0.25, 0.3) is 0 Å². The number of aliphatic imine (C=N–C) groups is 1. The normalized spacial score (nSPS) is 13.0. The van der Waals surface area contributed by atoms with Crippen molar-refractivity contribution in [2.75, 3.05) is 25.9 Å². The van der Waals surface area contributed by atoms with E-state index in [2.05, 4.69) is 39.4 Å². The number of guanidine groups is 1. The Bertz CT molecular complexity index is 579. The zero-order valence-corrected chi connectivity index (χ0v) is 17.7. The van der Waals surface area contributed by atoms with Crippen molar-refractivity contribution in [2.45, 2.75) is 32.7 Å². The highest BCUT2D eigenvalue weighted by molar-refractivity contribution is 14.0. The summed E-state index contributed by atoms with van der Waals surface area (Å²) in [5.74, 6) is 0.711. The average molecular weight is 468 g/mol. The van der Waals surface area contributed by atoms with Crippen LogP contribution in [0, 0.1) is 0 Å². The highest BCUT2D eigenvalue weighted by Gasteiger charge is 2.06. The van der Waals surface area contributed by atoms with Crippen molar-refractivity contribution in [2.24, 2.45) is 4.99 Å². The quantitative estimate of drug-likeness (QED) is 0.223. The molecule has 0 fully saturated rings. The molecular formula is C16H29IN4O2S. The molecule has 3 N–H and O–H groups in total. The zero-order chi connectivity index (χ0) is 17.1. The van der Waals surface area contributed by atoms with E-state index in [4.69, 9.17) is 0 Å². The number of nitrogens with one attached hydrogen (secondary N) is 3. The molecule has 1 aromatic carbocycles. The predicted molar refractivity (Wildman–Crippen MR) is 112 cm³/mol. The minimum Gasteiger partial charge on any atom is -0.357 e. The molecule has 8 heteroatoms. The van der Waals surface area contributed by atoms with Crippen LogP contribution in [0.2, 0.25) is 0 Å². The van der Waals surface area contributed by atoms with Gasteiger partial charge in [-0.15, -0.1) is 24.0 Å². The molecule has 0 spiro atoms. The lowest BCUT2D eigenvalue weighted by molar-refractivity contribution is 0.585. The largest absolute Gasteiger partial charge is 0.357 e. The second-order valence-electron chi connectivity index (χ2n) is 5.50. The van der Waals surface area contributed by atoms with Crippen LogP contribution < -0.4 is 15.4 Å². The number of hydrogen-bond acceptors (Lipinski definition) is 3. The van der Waals surface area contributed by atoms with Gasteiger partial charge in [-0.1, -0.05) is 30.3 Å². The van der Waals surface area contributed by atoms with E-state index in [1.165, 1.54) is 5.56 Å². The lowest BCUT2D eigenvalue weighted by atomic mass is 10.1. The fourth-order valence-corrected chi connectivity index (χ4v) is 2.51. The van der Waals surface area contributed by atoms with Gasteiger partial charge in [0.1, 0.15) is 0 Å². The molecule has 0 amide bonds. The number of rotatable bonds is 9. The number of benzene rings is 1. The molecule has 0 aromatic heterocycles. The molecule has 0 saturated carbocycles. The van der Waals surface area contributed by atoms with Gasteiger partial charge in [0, 0.05) is 19.1 Å². The van der Waals surface area contributed by atoms with E-state index in [-0.39, 0.29) is 30.0 Å². The maximum Gasteiger partial charge on any atom is 0.208 e. The van der Waals surface area contributed by atoms with Crippen LogP contribution in [0.4, 0.5) is 0 Å². The molecule has 0 saturated heterocycles. The summed E-state index contributed by atoms with van der Waals surface area (Å²) in [6.45, 7) is 5.57. The van der Waals surface area contributed by atoms with E-state index in [0.29, 0.717) is 19.0 Å². The minimum absolute atomic E-state index is 0. The van der Waals surface area contributed by atoms with Crippen LogP contribution in [0.15, 0.2) is 35.3 Å². The Morgan fingerprint density at radius 2 is 1.92 bits per heavy atom. The predicted octanol–water partition coefficient (Wildman–Crippen LogP) is 1.73. The molecule has 0 radical (unpaired) electrons. The third-order valence-electron chi connectivity index (χ3n) is 3.18. The SMILES string of the molecule is CCNC(=NCCNS(C)(=O)=O)NC(C)CCc1ccccc1.I. The van der Waals surface area contributed by atoms with E-state index in [1.807, 2.05) is 25.1 Å². The number of sulfonamides is 1. The van der Waals surface area contributed by atoms with E-state index < -0.39 is 10.0 Å². The Labute approximate surface area is 163 Å². The highest BCUT2D eigenvalue weighted by Crippen LogP contribution is 2.04. The van der Waals surface area contributed by atoms with E-state index in [1.54, 1.807) is 0 Å². The Morgan fingerprint density at radius 1 is 1.25 bits per heavy atom. The van der Waals surface area contributed by atoms with E-state index in [0.717, 1.165) is 25.6 Å². The van der Waals surface area contributed by atoms with Crippen LogP contribution in [-0.2, 0) is 16.4 Å². The monoisotopic (exact) mass is 468 g/mol. The summed E-state index contributed by atoms with van der Waals surface area (Å²) >= 11 is 0. The molecule has 1 atom stereocenters. The van der Waals surface area contributed by atoms with Crippen LogP contribution in [0.3, 0.4) is 0 Å². The summed E-state index contributed by atoms with van der Waals surface area (Å²) in [5.41, 5.74) is 1.32. The third kappa shape index (κ3) is 11.6. The van der Waals surface area contributed by atoms with Gasteiger partial charge >= 0.3 is 0 Å². The van der Waals surface area contributed by atoms with Gasteiger partial charge < -0.3 is 10.6 Å². The van der Waals surface area contributed by atoms with Gasteiger partial charge in [0.2, 0.25) is 10.0 Å². The molecule has 0 bridgehead atoms. The molecule has 138 valence electrons. The van der Waals surface area contributed by atoms with Gasteiger partial charge in [-0.25, -0.2) is 13.1 Å². The fourth-order valence-electron chi connectivity index (χ4n) is 2.05. The summed E-state index contributed by atoms with van der Waals surface area (Å²) in [6, 6.07) is 10.6. The Kier molecular flexibility index (Phi) is 12.0. The summed E-state index contributed by atoms with van der Waals surface area (Å²) in [6.07, 6.45) is 3.14. The van der Waals surface area contributed by atoms with E-state index >= 15 is 0 Å². The Balaban J connectivity index is 0.00000529. The van der Waals surface area contributed by atoms with Crippen molar-refractivity contribution in [3.8, 4) is 0 Å². The first-order chi connectivity index (χ1) is 10.9. The van der Waals surface area contributed by atoms with Crippen LogP contribution >= 0.6 is 24.0 Å². The van der Waals surface area contributed by atoms with Gasteiger partial charge in [0.15, 0.2) is 5.96 Å². The Hall–Kier alpha value is -0.870. The van der Waals surface area contributed by atoms with Crippen molar-refractivity contribution in [3.63, 3.8) is 0 Å². The standard InChI is InChI=1S/C16H28N4O2S.HI/c1-4-17-16(18-12-13-19-23(3,21)22)20-14(2)10-11-15-8-6-5-7-9-15;/h5-9,14,19H,4,10-13H2,1-3H3,(H2,17,18,20);1H. The summed E-state index contributed by atoms with van der Waals surface area (Å²) < 4.78 is 24.4. The van der Waals surface area contributed by atoms with Crippen LogP contribution in [0.5, 0.6) is 0 Å². The average Bonchev–Trinajstić information content (AvgIpc) is 2.50. The molecule has 0 heterocycles. The first kappa shape index (κ1) is 23.1. The maximum absolute atomic E-state index is 11.0. The fraction of sp³-hybridized carbons (Fsp3) is 0.562. The molecule has 0 aliphatic rings. The topological polar surface area (TPSA) is 82.6 Å². The van der Waals surface area contributed by atoms with Crippen molar-refractivity contribution in [1.29, 1.82) is 0 Å². The molecule has 1 aromatic rings. The molecule has 0 aliphatic heterocycles. The van der Waals surface area contributed by atoms with Crippen molar-refractivity contribution in [1.82, 2.24) is 15.4 Å². The van der Waals surface area contributed by atoms with E-state index in [9.17, 15) is 8.42 Å². The summed E-state index contributed by atoms with van der Waals surface area (Å²) in [5, 5.41) is 6.52. The molecule has 1 unspecified atom stereocenters. The number of hydrogen-bond donors (Lipinski definition) is 3. The van der Waals surface area contributed by atoms with Gasteiger partial charge in [0.25, 0.3) is 0 Å². The number of halogens is 1. The second-order valence-corrected chi connectivity index (χ2v) is 7.33. The maximum atomic E-state index is 11.0. The number of nitrogens with zero attached hydrogens (tertiary/aromatic N) is 1. The summed E-state index contributed by atoms with van der Waals surface area (Å²) in [7, 11) is -3.16. The van der Waals surface area contributed by atoms with Crippen molar-refractivity contribution in [3.05, 3.63) is 35.9 Å². The van der Waals surface area contributed by atoms with Crippen molar-refractivity contribution >= 4 is 40.0 Å². The van der Waals surface area contributed by atoms with Gasteiger partial charge in [-0.2, -0.15) is 0 Å². The van der Waals surface area contributed by atoms with Gasteiger partial charge in [-0.3, -0.25) is 4.99 Å². The molecule has 6 nitrogen and oxygen atoms in total. The first-order valence-corrected chi connectivity index (χ1v) is 9.83. The first-order valence-electron chi connectivity index (χ1n) is 7.94. The lowest BCUT2D eigenvalue weighted by Gasteiger charge is -2.18. The molecule has 1 rings (SSSR count). The van der Waals surface area contributed by atoms with Gasteiger partial charge in [0.05, 0.1) is 12.8 Å². The molecular weight excluding hydrogens is 439 g/mol. The Morgan fingerprint density at radius 3 is 2.50 bits per heavy atom.